The quantitative estimate of drug-likeness (QED) is 0.607. The van der Waals surface area contributed by atoms with E-state index < -0.39 is 5.97 Å². The van der Waals surface area contributed by atoms with Gasteiger partial charge in [-0.2, -0.15) is 5.10 Å². The highest BCUT2D eigenvalue weighted by atomic mass is 16.5. The first-order valence-corrected chi connectivity index (χ1v) is 6.39. The molecular formula is C14H16N2O5. The highest BCUT2D eigenvalue weighted by Gasteiger charge is 2.29. The number of carboxylic acids is 1. The van der Waals surface area contributed by atoms with Crippen molar-refractivity contribution >= 4 is 18.1 Å². The maximum absolute atomic E-state index is 11.5. The topological polar surface area (TPSA) is 97.2 Å². The third-order valence-electron chi connectivity index (χ3n) is 3.12. The van der Waals surface area contributed by atoms with E-state index in [1.165, 1.54) is 26.5 Å². The maximum Gasteiger partial charge on any atom is 0.340 e. The van der Waals surface area contributed by atoms with Gasteiger partial charge in [0, 0.05) is 11.5 Å². The monoisotopic (exact) mass is 292 g/mol. The largest absolute Gasteiger partial charge is 0.493 e. The molecule has 0 aromatic heterocycles. The molecule has 1 amide bonds. The SMILES string of the molecule is COc1ccc(/C=N\NC(=O)C2CC2)c(C(=O)O)c1OC. The zero-order valence-electron chi connectivity index (χ0n) is 11.8. The van der Waals surface area contributed by atoms with E-state index in [2.05, 4.69) is 10.5 Å². The number of hydrogen-bond acceptors (Lipinski definition) is 5. The molecule has 112 valence electrons. The molecule has 1 fully saturated rings. The van der Waals surface area contributed by atoms with Crippen molar-refractivity contribution in [1.82, 2.24) is 5.43 Å². The molecule has 0 atom stereocenters. The summed E-state index contributed by atoms with van der Waals surface area (Å²) in [4.78, 5) is 22.9. The third-order valence-corrected chi connectivity index (χ3v) is 3.12. The van der Waals surface area contributed by atoms with Gasteiger partial charge in [-0.05, 0) is 25.0 Å². The minimum Gasteiger partial charge on any atom is -0.493 e. The lowest BCUT2D eigenvalue weighted by Gasteiger charge is -2.12. The second-order valence-corrected chi connectivity index (χ2v) is 4.58. The minimum atomic E-state index is -1.17. The first-order chi connectivity index (χ1) is 10.1. The summed E-state index contributed by atoms with van der Waals surface area (Å²) in [7, 11) is 2.78. The van der Waals surface area contributed by atoms with Crippen molar-refractivity contribution in [3.63, 3.8) is 0 Å². The summed E-state index contributed by atoms with van der Waals surface area (Å²) in [6, 6.07) is 3.12. The number of nitrogens with zero attached hydrogens (tertiary/aromatic N) is 1. The highest BCUT2D eigenvalue weighted by molar-refractivity contribution is 6.02. The van der Waals surface area contributed by atoms with E-state index in [0.29, 0.717) is 11.3 Å². The number of amides is 1. The number of hydrazone groups is 1. The van der Waals surface area contributed by atoms with Gasteiger partial charge in [0.05, 0.1) is 20.4 Å². The molecule has 0 heterocycles. The zero-order valence-corrected chi connectivity index (χ0v) is 11.8. The van der Waals surface area contributed by atoms with Crippen LogP contribution in [0.15, 0.2) is 17.2 Å². The molecule has 0 unspecified atom stereocenters. The Morgan fingerprint density at radius 3 is 2.57 bits per heavy atom. The molecule has 0 aliphatic heterocycles. The van der Waals surface area contributed by atoms with Crippen LogP contribution in [0.5, 0.6) is 11.5 Å². The lowest BCUT2D eigenvalue weighted by Crippen LogP contribution is -2.19. The van der Waals surface area contributed by atoms with Crippen molar-refractivity contribution in [2.75, 3.05) is 14.2 Å². The Labute approximate surface area is 121 Å². The summed E-state index contributed by atoms with van der Waals surface area (Å²) < 4.78 is 10.2. The number of carbonyl (C=O) groups excluding carboxylic acids is 1. The fraction of sp³-hybridized carbons (Fsp3) is 0.357. The molecule has 7 heteroatoms. The number of benzene rings is 1. The maximum atomic E-state index is 11.5. The van der Waals surface area contributed by atoms with Gasteiger partial charge >= 0.3 is 5.97 Å². The van der Waals surface area contributed by atoms with Gasteiger partial charge in [0.1, 0.15) is 5.56 Å². The van der Waals surface area contributed by atoms with Crippen molar-refractivity contribution in [1.29, 1.82) is 0 Å². The van der Waals surface area contributed by atoms with Crippen LogP contribution in [0, 0.1) is 5.92 Å². The Hall–Kier alpha value is -2.57. The molecule has 2 rings (SSSR count). The number of aromatic carboxylic acids is 1. The predicted octanol–water partition coefficient (Wildman–Crippen LogP) is 1.26. The van der Waals surface area contributed by atoms with E-state index >= 15 is 0 Å². The molecule has 2 N–H and O–H groups in total. The van der Waals surface area contributed by atoms with E-state index in [0.717, 1.165) is 12.8 Å². The highest BCUT2D eigenvalue weighted by Crippen LogP contribution is 2.33. The van der Waals surface area contributed by atoms with Gasteiger partial charge in [-0.1, -0.05) is 0 Å². The molecule has 0 spiro atoms. The first kappa shape index (κ1) is 14.8. The minimum absolute atomic E-state index is 0.0338. The van der Waals surface area contributed by atoms with Gasteiger partial charge < -0.3 is 14.6 Å². The van der Waals surface area contributed by atoms with Gasteiger partial charge in [0.15, 0.2) is 11.5 Å². The number of carboxylic acid groups (broad SMARTS) is 1. The van der Waals surface area contributed by atoms with E-state index in [9.17, 15) is 14.7 Å². The van der Waals surface area contributed by atoms with E-state index in [4.69, 9.17) is 9.47 Å². The number of hydrogen-bond donors (Lipinski definition) is 2. The lowest BCUT2D eigenvalue weighted by molar-refractivity contribution is -0.122. The lowest BCUT2D eigenvalue weighted by atomic mass is 10.1. The van der Waals surface area contributed by atoms with E-state index in [-0.39, 0.29) is 23.1 Å². The molecule has 1 saturated carbocycles. The number of nitrogens with one attached hydrogen (secondary N) is 1. The Balaban J connectivity index is 2.27. The van der Waals surface area contributed by atoms with Gasteiger partial charge in [-0.25, -0.2) is 10.2 Å². The molecular weight excluding hydrogens is 276 g/mol. The van der Waals surface area contributed by atoms with Crippen LogP contribution in [-0.2, 0) is 4.79 Å². The molecule has 21 heavy (non-hydrogen) atoms. The summed E-state index contributed by atoms with van der Waals surface area (Å²) in [6.07, 6.45) is 3.03. The average molecular weight is 292 g/mol. The summed E-state index contributed by atoms with van der Waals surface area (Å²) in [5, 5.41) is 13.1. The van der Waals surface area contributed by atoms with Crippen LogP contribution in [-0.4, -0.2) is 37.4 Å². The molecule has 0 bridgehead atoms. The molecule has 0 radical (unpaired) electrons. The Kier molecular flexibility index (Phi) is 4.42. The summed E-state index contributed by atoms with van der Waals surface area (Å²) >= 11 is 0. The molecule has 1 aromatic rings. The van der Waals surface area contributed by atoms with Gasteiger partial charge in [0.25, 0.3) is 0 Å². The molecule has 1 aliphatic carbocycles. The van der Waals surface area contributed by atoms with Crippen LogP contribution in [0.1, 0.15) is 28.8 Å². The van der Waals surface area contributed by atoms with Gasteiger partial charge in [0.2, 0.25) is 5.91 Å². The van der Waals surface area contributed by atoms with Gasteiger partial charge in [-0.3, -0.25) is 4.79 Å². The third kappa shape index (κ3) is 3.31. The van der Waals surface area contributed by atoms with Crippen LogP contribution >= 0.6 is 0 Å². The Morgan fingerprint density at radius 1 is 1.33 bits per heavy atom. The number of methoxy groups -OCH3 is 2. The van der Waals surface area contributed by atoms with Gasteiger partial charge in [-0.15, -0.1) is 0 Å². The fourth-order valence-electron chi connectivity index (χ4n) is 1.87. The number of rotatable bonds is 6. The van der Waals surface area contributed by atoms with Crippen LogP contribution in [0.2, 0.25) is 0 Å². The first-order valence-electron chi connectivity index (χ1n) is 6.39. The summed E-state index contributed by atoms with van der Waals surface area (Å²) in [5.41, 5.74) is 2.64. The molecule has 1 aliphatic rings. The van der Waals surface area contributed by atoms with Crippen molar-refractivity contribution in [3.05, 3.63) is 23.3 Å². The second-order valence-electron chi connectivity index (χ2n) is 4.58. The van der Waals surface area contributed by atoms with Crippen molar-refractivity contribution in [3.8, 4) is 11.5 Å². The van der Waals surface area contributed by atoms with Crippen LogP contribution < -0.4 is 14.9 Å². The van der Waals surface area contributed by atoms with E-state index in [1.54, 1.807) is 6.07 Å². The normalized spacial score (nSPS) is 14.0. The zero-order chi connectivity index (χ0) is 15.4. The molecule has 1 aromatic carbocycles. The Morgan fingerprint density at radius 2 is 2.05 bits per heavy atom. The Bertz CT molecular complexity index is 593. The van der Waals surface area contributed by atoms with Crippen LogP contribution in [0.25, 0.3) is 0 Å². The molecule has 7 nitrogen and oxygen atoms in total. The molecule has 0 saturated heterocycles. The second kappa shape index (κ2) is 6.25. The summed E-state index contributed by atoms with van der Waals surface area (Å²) in [6.45, 7) is 0. The van der Waals surface area contributed by atoms with Crippen LogP contribution in [0.4, 0.5) is 0 Å². The smallest absolute Gasteiger partial charge is 0.340 e. The summed E-state index contributed by atoms with van der Waals surface area (Å²) in [5.74, 6) is -0.854. The van der Waals surface area contributed by atoms with Crippen molar-refractivity contribution < 1.29 is 24.2 Å². The van der Waals surface area contributed by atoms with E-state index in [1.807, 2.05) is 0 Å². The standard InChI is InChI=1S/C14H16N2O5/c1-20-10-6-5-9(11(14(18)19)12(10)21-2)7-15-16-13(17)8-3-4-8/h5-8H,3-4H2,1-2H3,(H,16,17)(H,18,19)/b15-7-. The van der Waals surface area contributed by atoms with Crippen molar-refractivity contribution in [2.24, 2.45) is 11.0 Å². The predicted molar refractivity (Wildman–Crippen MR) is 75.0 cm³/mol. The van der Waals surface area contributed by atoms with Crippen molar-refractivity contribution in [2.45, 2.75) is 12.8 Å². The fourth-order valence-corrected chi connectivity index (χ4v) is 1.87. The average Bonchev–Trinajstić information content (AvgIpc) is 3.30. The number of carbonyl (C=O) groups is 2. The van der Waals surface area contributed by atoms with Crippen LogP contribution in [0.3, 0.4) is 0 Å². The number of ether oxygens (including phenoxy) is 2.